The SMILES string of the molecule is Cc1ccc(F)cc1Oc1cnc(CNC(C)(C)C)cn1. The molecule has 0 unspecified atom stereocenters. The number of nitrogens with one attached hydrogen (secondary N) is 1. The fourth-order valence-corrected chi connectivity index (χ4v) is 1.64. The molecule has 1 heterocycles. The number of hydrogen-bond donors (Lipinski definition) is 1. The maximum atomic E-state index is 13.2. The molecule has 2 rings (SSSR count). The highest BCUT2D eigenvalue weighted by Crippen LogP contribution is 2.23. The van der Waals surface area contributed by atoms with Crippen LogP contribution >= 0.6 is 0 Å². The van der Waals surface area contributed by atoms with Gasteiger partial charge < -0.3 is 10.1 Å². The Morgan fingerprint density at radius 1 is 1.19 bits per heavy atom. The number of benzene rings is 1. The largest absolute Gasteiger partial charge is 0.437 e. The van der Waals surface area contributed by atoms with E-state index in [0.29, 0.717) is 18.2 Å². The van der Waals surface area contributed by atoms with E-state index < -0.39 is 0 Å². The van der Waals surface area contributed by atoms with Crippen molar-refractivity contribution < 1.29 is 9.13 Å². The van der Waals surface area contributed by atoms with Crippen molar-refractivity contribution in [2.45, 2.75) is 39.8 Å². The first kappa shape index (κ1) is 15.4. The van der Waals surface area contributed by atoms with E-state index in [1.807, 2.05) is 6.92 Å². The van der Waals surface area contributed by atoms with Crippen LogP contribution in [-0.4, -0.2) is 15.5 Å². The fraction of sp³-hybridized carbons (Fsp3) is 0.375. The van der Waals surface area contributed by atoms with Crippen LogP contribution in [0.25, 0.3) is 0 Å². The van der Waals surface area contributed by atoms with Crippen LogP contribution in [0.4, 0.5) is 4.39 Å². The highest BCUT2D eigenvalue weighted by molar-refractivity contribution is 5.35. The van der Waals surface area contributed by atoms with Crippen molar-refractivity contribution in [2.24, 2.45) is 0 Å². The third kappa shape index (κ3) is 4.79. The van der Waals surface area contributed by atoms with Gasteiger partial charge in [0, 0.05) is 18.2 Å². The number of aryl methyl sites for hydroxylation is 1. The monoisotopic (exact) mass is 289 g/mol. The average Bonchev–Trinajstić information content (AvgIpc) is 2.41. The molecule has 0 atom stereocenters. The van der Waals surface area contributed by atoms with Gasteiger partial charge in [-0.15, -0.1) is 0 Å². The molecule has 1 N–H and O–H groups in total. The zero-order valence-electron chi connectivity index (χ0n) is 12.8. The Hall–Kier alpha value is -2.01. The molecule has 0 bridgehead atoms. The van der Waals surface area contributed by atoms with Gasteiger partial charge in [-0.1, -0.05) is 6.07 Å². The number of aromatic nitrogens is 2. The van der Waals surface area contributed by atoms with Crippen LogP contribution in [0.2, 0.25) is 0 Å². The lowest BCUT2D eigenvalue weighted by molar-refractivity contribution is 0.418. The van der Waals surface area contributed by atoms with E-state index in [9.17, 15) is 4.39 Å². The second-order valence-electron chi connectivity index (χ2n) is 5.96. The molecule has 5 heteroatoms. The van der Waals surface area contributed by atoms with Gasteiger partial charge in [-0.3, -0.25) is 4.98 Å². The summed E-state index contributed by atoms with van der Waals surface area (Å²) < 4.78 is 18.8. The van der Waals surface area contributed by atoms with Crippen LogP contribution in [0.5, 0.6) is 11.6 Å². The molecule has 1 aromatic heterocycles. The second kappa shape index (κ2) is 6.18. The molecular weight excluding hydrogens is 269 g/mol. The number of nitrogens with zero attached hydrogens (tertiary/aromatic N) is 2. The van der Waals surface area contributed by atoms with E-state index in [2.05, 4.69) is 36.1 Å². The van der Waals surface area contributed by atoms with Crippen LogP contribution in [-0.2, 0) is 6.54 Å². The minimum atomic E-state index is -0.338. The van der Waals surface area contributed by atoms with E-state index in [4.69, 9.17) is 4.74 Å². The molecule has 0 radical (unpaired) electrons. The minimum Gasteiger partial charge on any atom is -0.437 e. The van der Waals surface area contributed by atoms with Crippen molar-refractivity contribution in [3.63, 3.8) is 0 Å². The first-order valence-corrected chi connectivity index (χ1v) is 6.83. The summed E-state index contributed by atoms with van der Waals surface area (Å²) >= 11 is 0. The molecule has 0 fully saturated rings. The summed E-state index contributed by atoms with van der Waals surface area (Å²) in [6.45, 7) is 8.75. The molecule has 0 aliphatic rings. The zero-order valence-corrected chi connectivity index (χ0v) is 12.8. The number of ether oxygens (including phenoxy) is 1. The number of hydrogen-bond acceptors (Lipinski definition) is 4. The summed E-state index contributed by atoms with van der Waals surface area (Å²) in [6, 6.07) is 4.40. The molecule has 0 aliphatic heterocycles. The Bertz CT molecular complexity index is 606. The van der Waals surface area contributed by atoms with Crippen molar-refractivity contribution >= 4 is 0 Å². The molecule has 0 aliphatic carbocycles. The number of halogens is 1. The minimum absolute atomic E-state index is 0.0233. The maximum Gasteiger partial charge on any atom is 0.237 e. The Morgan fingerprint density at radius 3 is 2.57 bits per heavy atom. The molecule has 4 nitrogen and oxygen atoms in total. The van der Waals surface area contributed by atoms with Crippen LogP contribution in [0.3, 0.4) is 0 Å². The Kier molecular flexibility index (Phi) is 4.53. The molecule has 0 saturated carbocycles. The van der Waals surface area contributed by atoms with E-state index >= 15 is 0 Å². The van der Waals surface area contributed by atoms with Crippen molar-refractivity contribution in [1.82, 2.24) is 15.3 Å². The summed E-state index contributed by atoms with van der Waals surface area (Å²) in [5, 5.41) is 3.33. The molecule has 0 amide bonds. The van der Waals surface area contributed by atoms with Gasteiger partial charge in [-0.2, -0.15) is 0 Å². The van der Waals surface area contributed by atoms with Crippen molar-refractivity contribution in [3.05, 3.63) is 47.7 Å². The summed E-state index contributed by atoms with van der Waals surface area (Å²) in [6.07, 6.45) is 3.20. The van der Waals surface area contributed by atoms with Crippen molar-refractivity contribution in [1.29, 1.82) is 0 Å². The average molecular weight is 289 g/mol. The van der Waals surface area contributed by atoms with Gasteiger partial charge in [0.2, 0.25) is 5.88 Å². The Morgan fingerprint density at radius 2 is 1.95 bits per heavy atom. The zero-order chi connectivity index (χ0) is 15.5. The maximum absolute atomic E-state index is 13.2. The highest BCUT2D eigenvalue weighted by Gasteiger charge is 2.09. The van der Waals surface area contributed by atoms with E-state index in [1.54, 1.807) is 18.5 Å². The molecule has 1 aromatic carbocycles. The van der Waals surface area contributed by atoms with Crippen LogP contribution in [0.1, 0.15) is 32.0 Å². The Balaban J connectivity index is 2.04. The number of rotatable bonds is 4. The van der Waals surface area contributed by atoms with Gasteiger partial charge in [-0.25, -0.2) is 9.37 Å². The van der Waals surface area contributed by atoms with E-state index in [1.165, 1.54) is 12.1 Å². The molecular formula is C16H20FN3O. The highest BCUT2D eigenvalue weighted by atomic mass is 19.1. The van der Waals surface area contributed by atoms with Crippen molar-refractivity contribution in [3.8, 4) is 11.6 Å². The lowest BCUT2D eigenvalue weighted by Crippen LogP contribution is -2.35. The smallest absolute Gasteiger partial charge is 0.237 e. The van der Waals surface area contributed by atoms with Gasteiger partial charge in [0.05, 0.1) is 18.1 Å². The molecule has 112 valence electrons. The standard InChI is InChI=1S/C16H20FN3O/c1-11-5-6-12(17)7-14(11)21-15-10-18-13(8-19-15)9-20-16(2,3)4/h5-8,10,20H,9H2,1-4H3. The first-order valence-electron chi connectivity index (χ1n) is 6.83. The predicted octanol–water partition coefficient (Wildman–Crippen LogP) is 3.60. The lowest BCUT2D eigenvalue weighted by atomic mass is 10.1. The third-order valence-corrected chi connectivity index (χ3v) is 2.85. The van der Waals surface area contributed by atoms with Crippen LogP contribution in [0.15, 0.2) is 30.6 Å². The van der Waals surface area contributed by atoms with Gasteiger partial charge in [-0.05, 0) is 39.3 Å². The van der Waals surface area contributed by atoms with E-state index in [-0.39, 0.29) is 11.4 Å². The summed E-state index contributed by atoms with van der Waals surface area (Å²) in [5.74, 6) is 0.461. The molecule has 0 saturated heterocycles. The Labute approximate surface area is 124 Å². The van der Waals surface area contributed by atoms with Gasteiger partial charge >= 0.3 is 0 Å². The fourth-order valence-electron chi connectivity index (χ4n) is 1.64. The molecule has 21 heavy (non-hydrogen) atoms. The molecule has 0 spiro atoms. The van der Waals surface area contributed by atoms with Gasteiger partial charge in [0.15, 0.2) is 0 Å². The molecule has 2 aromatic rings. The van der Waals surface area contributed by atoms with E-state index in [0.717, 1.165) is 11.3 Å². The van der Waals surface area contributed by atoms with Crippen LogP contribution < -0.4 is 10.1 Å². The third-order valence-electron chi connectivity index (χ3n) is 2.85. The lowest BCUT2D eigenvalue weighted by Gasteiger charge is -2.19. The topological polar surface area (TPSA) is 47.0 Å². The van der Waals surface area contributed by atoms with Crippen LogP contribution in [0, 0.1) is 12.7 Å². The quantitative estimate of drug-likeness (QED) is 0.934. The predicted molar refractivity (Wildman–Crippen MR) is 79.8 cm³/mol. The summed E-state index contributed by atoms with van der Waals surface area (Å²) in [5.41, 5.74) is 1.69. The van der Waals surface area contributed by atoms with Gasteiger partial charge in [0.1, 0.15) is 11.6 Å². The summed E-state index contributed by atoms with van der Waals surface area (Å²) in [4.78, 5) is 8.48. The normalized spacial score (nSPS) is 11.5. The first-order chi connectivity index (χ1) is 9.83. The van der Waals surface area contributed by atoms with Gasteiger partial charge in [0.25, 0.3) is 0 Å². The second-order valence-corrected chi connectivity index (χ2v) is 5.96. The van der Waals surface area contributed by atoms with Crippen molar-refractivity contribution in [2.75, 3.05) is 0 Å². The summed E-state index contributed by atoms with van der Waals surface area (Å²) in [7, 11) is 0.